The number of aromatic nitrogens is 3. The minimum Gasteiger partial charge on any atom is -0.345 e. The van der Waals surface area contributed by atoms with Crippen LogP contribution < -0.4 is 5.32 Å². The van der Waals surface area contributed by atoms with E-state index >= 15 is 0 Å². The van der Waals surface area contributed by atoms with Gasteiger partial charge in [-0.05, 0) is 34.1 Å². The molecular formula is C11H11BrN4O. The summed E-state index contributed by atoms with van der Waals surface area (Å²) in [5, 5.41) is 10.4. The van der Waals surface area contributed by atoms with Gasteiger partial charge in [-0.25, -0.2) is 0 Å². The molecule has 0 saturated carbocycles. The first-order valence-electron chi connectivity index (χ1n) is 5.03. The molecule has 2 aromatic rings. The van der Waals surface area contributed by atoms with E-state index in [1.807, 2.05) is 19.3 Å². The summed E-state index contributed by atoms with van der Waals surface area (Å²) in [4.78, 5) is 11.9. The van der Waals surface area contributed by atoms with Crippen LogP contribution in [0.4, 0.5) is 0 Å². The molecule has 0 radical (unpaired) electrons. The fourth-order valence-corrected chi connectivity index (χ4v) is 1.96. The summed E-state index contributed by atoms with van der Waals surface area (Å²) in [7, 11) is 1.82. The van der Waals surface area contributed by atoms with E-state index in [-0.39, 0.29) is 5.91 Å². The average molecular weight is 295 g/mol. The Kier molecular flexibility index (Phi) is 3.53. The van der Waals surface area contributed by atoms with Crippen LogP contribution in [0, 0.1) is 0 Å². The maximum Gasteiger partial charge on any atom is 0.268 e. The molecule has 0 aliphatic heterocycles. The maximum atomic E-state index is 11.9. The molecule has 2 heterocycles. The number of halogens is 1. The van der Waals surface area contributed by atoms with Crippen LogP contribution in [-0.4, -0.2) is 20.7 Å². The van der Waals surface area contributed by atoms with Gasteiger partial charge in [0.2, 0.25) is 0 Å². The second kappa shape index (κ2) is 5.09. The zero-order valence-corrected chi connectivity index (χ0v) is 10.8. The summed E-state index contributed by atoms with van der Waals surface area (Å²) in [5.74, 6) is -0.135. The van der Waals surface area contributed by atoms with Crippen LogP contribution in [0.1, 0.15) is 16.2 Å². The number of rotatable bonds is 3. The molecule has 2 rings (SSSR count). The van der Waals surface area contributed by atoms with Gasteiger partial charge in [0.05, 0.1) is 12.2 Å². The van der Waals surface area contributed by atoms with Crippen LogP contribution in [0.3, 0.4) is 0 Å². The highest BCUT2D eigenvalue weighted by Crippen LogP contribution is 2.13. The summed E-state index contributed by atoms with van der Waals surface area (Å²) in [6.07, 6.45) is 3.43. The van der Waals surface area contributed by atoms with Gasteiger partial charge in [-0.1, -0.05) is 0 Å². The number of hydrogen-bond donors (Lipinski definition) is 1. The van der Waals surface area contributed by atoms with Crippen LogP contribution >= 0.6 is 15.9 Å². The molecule has 0 aliphatic rings. The molecule has 1 amide bonds. The van der Waals surface area contributed by atoms with E-state index in [4.69, 9.17) is 0 Å². The molecule has 0 unspecified atom stereocenters. The summed E-state index contributed by atoms with van der Waals surface area (Å²) in [5.41, 5.74) is 1.33. The topological polar surface area (TPSA) is 59.8 Å². The number of amides is 1. The van der Waals surface area contributed by atoms with Crippen LogP contribution in [0.25, 0.3) is 0 Å². The van der Waals surface area contributed by atoms with E-state index in [1.165, 1.54) is 0 Å². The van der Waals surface area contributed by atoms with Crippen LogP contribution in [0.2, 0.25) is 0 Å². The van der Waals surface area contributed by atoms with E-state index in [0.717, 1.165) is 10.2 Å². The van der Waals surface area contributed by atoms with Gasteiger partial charge >= 0.3 is 0 Å². The zero-order valence-electron chi connectivity index (χ0n) is 9.22. The van der Waals surface area contributed by atoms with E-state index in [2.05, 4.69) is 31.4 Å². The SMILES string of the molecule is Cn1cc(Br)cc1C(=O)NCc1cccnn1. The predicted octanol–water partition coefficient (Wildman–Crippen LogP) is 1.51. The lowest BCUT2D eigenvalue weighted by Crippen LogP contribution is -2.25. The molecule has 0 saturated heterocycles. The first-order chi connectivity index (χ1) is 8.16. The first-order valence-corrected chi connectivity index (χ1v) is 5.83. The third-order valence-electron chi connectivity index (χ3n) is 2.26. The molecular weight excluding hydrogens is 284 g/mol. The van der Waals surface area contributed by atoms with Crippen molar-refractivity contribution < 1.29 is 4.79 Å². The minimum atomic E-state index is -0.135. The highest BCUT2D eigenvalue weighted by molar-refractivity contribution is 9.10. The van der Waals surface area contributed by atoms with Gasteiger partial charge < -0.3 is 9.88 Å². The fraction of sp³-hybridized carbons (Fsp3) is 0.182. The van der Waals surface area contributed by atoms with Gasteiger partial charge in [-0.2, -0.15) is 10.2 Å². The second-order valence-electron chi connectivity index (χ2n) is 3.55. The quantitative estimate of drug-likeness (QED) is 0.933. The van der Waals surface area contributed by atoms with Crippen molar-refractivity contribution in [3.8, 4) is 0 Å². The summed E-state index contributed by atoms with van der Waals surface area (Å²) in [6.45, 7) is 0.371. The maximum absolute atomic E-state index is 11.9. The third-order valence-corrected chi connectivity index (χ3v) is 2.70. The van der Waals surface area contributed by atoms with Crippen molar-refractivity contribution in [2.75, 3.05) is 0 Å². The van der Waals surface area contributed by atoms with Crippen molar-refractivity contribution in [1.82, 2.24) is 20.1 Å². The van der Waals surface area contributed by atoms with E-state index < -0.39 is 0 Å². The first kappa shape index (κ1) is 11.8. The van der Waals surface area contributed by atoms with E-state index in [9.17, 15) is 4.79 Å². The van der Waals surface area contributed by atoms with Gasteiger partial charge in [0, 0.05) is 23.9 Å². The van der Waals surface area contributed by atoms with E-state index in [0.29, 0.717) is 12.2 Å². The number of hydrogen-bond acceptors (Lipinski definition) is 3. The molecule has 88 valence electrons. The van der Waals surface area contributed by atoms with Crippen LogP contribution in [-0.2, 0) is 13.6 Å². The molecule has 0 spiro atoms. The molecule has 1 N–H and O–H groups in total. The highest BCUT2D eigenvalue weighted by atomic mass is 79.9. The Morgan fingerprint density at radius 2 is 2.41 bits per heavy atom. The molecule has 0 aliphatic carbocycles. The van der Waals surface area contributed by atoms with Crippen LogP contribution in [0.15, 0.2) is 35.1 Å². The molecule has 5 nitrogen and oxygen atoms in total. The summed E-state index contributed by atoms with van der Waals surface area (Å²) < 4.78 is 2.64. The van der Waals surface area contributed by atoms with Crippen LogP contribution in [0.5, 0.6) is 0 Å². The van der Waals surface area contributed by atoms with Gasteiger partial charge in [0.25, 0.3) is 5.91 Å². The third kappa shape index (κ3) is 2.91. The zero-order chi connectivity index (χ0) is 12.3. The Morgan fingerprint density at radius 3 is 3.00 bits per heavy atom. The fourth-order valence-electron chi connectivity index (χ4n) is 1.44. The Hall–Kier alpha value is -1.69. The normalized spacial score (nSPS) is 10.2. The van der Waals surface area contributed by atoms with Crippen molar-refractivity contribution >= 4 is 21.8 Å². The lowest BCUT2D eigenvalue weighted by atomic mass is 10.3. The molecule has 0 fully saturated rings. The Bertz CT molecular complexity index is 524. The largest absolute Gasteiger partial charge is 0.345 e. The number of carbonyl (C=O) groups is 1. The van der Waals surface area contributed by atoms with Gasteiger partial charge in [-0.15, -0.1) is 0 Å². The number of aryl methyl sites for hydroxylation is 1. The van der Waals surface area contributed by atoms with Crippen molar-refractivity contribution in [2.24, 2.45) is 7.05 Å². The number of nitrogens with one attached hydrogen (secondary N) is 1. The van der Waals surface area contributed by atoms with Gasteiger partial charge in [0.15, 0.2) is 0 Å². The molecule has 2 aromatic heterocycles. The second-order valence-corrected chi connectivity index (χ2v) is 4.47. The van der Waals surface area contributed by atoms with Crippen molar-refractivity contribution in [3.63, 3.8) is 0 Å². The molecule has 0 bridgehead atoms. The van der Waals surface area contributed by atoms with Crippen molar-refractivity contribution in [3.05, 3.63) is 46.5 Å². The van der Waals surface area contributed by atoms with Crippen molar-refractivity contribution in [2.45, 2.75) is 6.54 Å². The Labute approximate surface area is 107 Å². The van der Waals surface area contributed by atoms with Crippen molar-refractivity contribution in [1.29, 1.82) is 0 Å². The molecule has 6 heteroatoms. The molecule has 0 aromatic carbocycles. The minimum absolute atomic E-state index is 0.135. The number of nitrogens with zero attached hydrogens (tertiary/aromatic N) is 3. The summed E-state index contributed by atoms with van der Waals surface area (Å²) in [6, 6.07) is 5.37. The number of carbonyl (C=O) groups excluding carboxylic acids is 1. The highest BCUT2D eigenvalue weighted by Gasteiger charge is 2.10. The monoisotopic (exact) mass is 294 g/mol. The Balaban J connectivity index is 2.01. The smallest absolute Gasteiger partial charge is 0.268 e. The average Bonchev–Trinajstić information content (AvgIpc) is 2.67. The Morgan fingerprint density at radius 1 is 1.59 bits per heavy atom. The standard InChI is InChI=1S/C11H11BrN4O/c1-16-7-8(12)5-10(16)11(17)13-6-9-3-2-4-14-15-9/h2-5,7H,6H2,1H3,(H,13,17). The predicted molar refractivity (Wildman–Crippen MR) is 66.3 cm³/mol. The lowest BCUT2D eigenvalue weighted by molar-refractivity contribution is 0.0942. The van der Waals surface area contributed by atoms with Gasteiger partial charge in [-0.3, -0.25) is 4.79 Å². The lowest BCUT2D eigenvalue weighted by Gasteiger charge is -2.04. The molecule has 0 atom stereocenters. The molecule has 17 heavy (non-hydrogen) atoms. The van der Waals surface area contributed by atoms with E-state index in [1.54, 1.807) is 22.9 Å². The van der Waals surface area contributed by atoms with Gasteiger partial charge in [0.1, 0.15) is 5.69 Å². The summed E-state index contributed by atoms with van der Waals surface area (Å²) >= 11 is 3.32.